The fourth-order valence-electron chi connectivity index (χ4n) is 1.28. The predicted octanol–water partition coefficient (Wildman–Crippen LogP) is 2.48. The third-order valence-electron chi connectivity index (χ3n) is 2.18. The van der Waals surface area contributed by atoms with Crippen LogP contribution in [0, 0.1) is 0 Å². The van der Waals surface area contributed by atoms with Gasteiger partial charge in [-0.3, -0.25) is 5.01 Å². The fraction of sp³-hybridized carbons (Fsp3) is 0.364. The average molecular weight is 221 g/mol. The topological polar surface area (TPSA) is 65.3 Å². The molecule has 0 amide bonds. The van der Waals surface area contributed by atoms with Crippen LogP contribution in [0.3, 0.4) is 0 Å². The molecule has 16 heavy (non-hydrogen) atoms. The summed E-state index contributed by atoms with van der Waals surface area (Å²) < 4.78 is 0. The van der Waals surface area contributed by atoms with E-state index < -0.39 is 12.0 Å². The van der Waals surface area contributed by atoms with E-state index in [4.69, 9.17) is 5.11 Å². The lowest BCUT2D eigenvalue weighted by molar-refractivity contribution is -0.143. The van der Waals surface area contributed by atoms with Gasteiger partial charge in [0.05, 0.1) is 5.69 Å². The van der Waals surface area contributed by atoms with Gasteiger partial charge in [0.2, 0.25) is 0 Å². The van der Waals surface area contributed by atoms with Crippen LogP contribution >= 0.6 is 0 Å². The minimum atomic E-state index is -0.892. The number of carbonyl (C=O) groups is 1. The lowest BCUT2D eigenvalue weighted by atomic mass is 10.2. The van der Waals surface area contributed by atoms with Gasteiger partial charge in [-0.2, -0.15) is 0 Å². The van der Waals surface area contributed by atoms with Gasteiger partial charge in [0.15, 0.2) is 0 Å². The summed E-state index contributed by atoms with van der Waals surface area (Å²) in [7, 11) is 1.61. The summed E-state index contributed by atoms with van der Waals surface area (Å²) in [6, 6.07) is 8.56. The summed E-state index contributed by atoms with van der Waals surface area (Å²) in [4.78, 5) is 10.8. The number of carboxylic acids is 1. The maximum absolute atomic E-state index is 10.8. The number of rotatable bonds is 5. The maximum Gasteiger partial charge on any atom is 0.328 e. The van der Waals surface area contributed by atoms with Crippen LogP contribution < -0.4 is 0 Å². The highest BCUT2D eigenvalue weighted by Gasteiger charge is 2.19. The van der Waals surface area contributed by atoms with Crippen molar-refractivity contribution in [1.29, 1.82) is 0 Å². The minimum absolute atomic E-state index is 0.486. The van der Waals surface area contributed by atoms with Gasteiger partial charge in [-0.25, -0.2) is 4.79 Å². The first kappa shape index (κ1) is 12.2. The van der Waals surface area contributed by atoms with Crippen LogP contribution in [-0.2, 0) is 4.79 Å². The van der Waals surface area contributed by atoms with E-state index in [-0.39, 0.29) is 0 Å². The summed E-state index contributed by atoms with van der Waals surface area (Å²) in [6.45, 7) is 1.80. The Kier molecular flexibility index (Phi) is 4.44. The van der Waals surface area contributed by atoms with Crippen molar-refractivity contribution in [2.45, 2.75) is 19.4 Å². The van der Waals surface area contributed by atoms with Gasteiger partial charge in [0, 0.05) is 7.05 Å². The van der Waals surface area contributed by atoms with Gasteiger partial charge in [-0.15, -0.1) is 5.11 Å². The van der Waals surface area contributed by atoms with E-state index in [1.165, 1.54) is 5.01 Å². The second-order valence-electron chi connectivity index (χ2n) is 3.36. The number of nitrogens with zero attached hydrogens (tertiary/aromatic N) is 3. The van der Waals surface area contributed by atoms with Crippen LogP contribution in [0.25, 0.3) is 0 Å². The van der Waals surface area contributed by atoms with Gasteiger partial charge in [0.1, 0.15) is 6.04 Å². The van der Waals surface area contributed by atoms with Crippen molar-refractivity contribution >= 4 is 11.7 Å². The second kappa shape index (κ2) is 5.85. The Balaban J connectivity index is 2.66. The van der Waals surface area contributed by atoms with Gasteiger partial charge in [-0.1, -0.05) is 30.3 Å². The smallest absolute Gasteiger partial charge is 0.328 e. The molecule has 5 heteroatoms. The summed E-state index contributed by atoms with van der Waals surface area (Å²) in [5.41, 5.74) is 0.703. The predicted molar refractivity (Wildman–Crippen MR) is 60.4 cm³/mol. The SMILES string of the molecule is CCC(C(=O)O)N(C)N=Nc1ccccc1. The van der Waals surface area contributed by atoms with Crippen LogP contribution in [0.4, 0.5) is 5.69 Å². The Morgan fingerprint density at radius 3 is 2.56 bits per heavy atom. The summed E-state index contributed by atoms with van der Waals surface area (Å²) in [5.74, 6) is -0.892. The molecular formula is C11H15N3O2. The van der Waals surface area contributed by atoms with Gasteiger partial charge >= 0.3 is 5.97 Å². The van der Waals surface area contributed by atoms with E-state index in [1.807, 2.05) is 18.2 Å². The molecule has 0 heterocycles. The Morgan fingerprint density at radius 1 is 1.44 bits per heavy atom. The molecule has 0 aliphatic rings. The Morgan fingerprint density at radius 2 is 2.06 bits per heavy atom. The third-order valence-corrected chi connectivity index (χ3v) is 2.18. The lowest BCUT2D eigenvalue weighted by Crippen LogP contribution is -2.33. The first-order valence-electron chi connectivity index (χ1n) is 5.07. The molecule has 1 N–H and O–H groups in total. The zero-order valence-corrected chi connectivity index (χ0v) is 9.37. The van der Waals surface area contributed by atoms with Crippen LogP contribution in [0.1, 0.15) is 13.3 Å². The Bertz CT molecular complexity index is 365. The largest absolute Gasteiger partial charge is 0.480 e. The molecule has 0 spiro atoms. The molecule has 1 aromatic carbocycles. The van der Waals surface area contributed by atoms with E-state index in [0.717, 1.165) is 0 Å². The quantitative estimate of drug-likeness (QED) is 0.613. The molecule has 0 aliphatic carbocycles. The van der Waals surface area contributed by atoms with Crippen molar-refractivity contribution < 1.29 is 9.90 Å². The highest BCUT2D eigenvalue weighted by molar-refractivity contribution is 5.73. The van der Waals surface area contributed by atoms with Crippen molar-refractivity contribution in [3.05, 3.63) is 30.3 Å². The minimum Gasteiger partial charge on any atom is -0.480 e. The molecule has 1 rings (SSSR count). The molecule has 1 aromatic rings. The Labute approximate surface area is 94.4 Å². The monoisotopic (exact) mass is 221 g/mol. The van der Waals surface area contributed by atoms with Crippen LogP contribution in [0.2, 0.25) is 0 Å². The number of carboxylic acid groups (broad SMARTS) is 1. The Hall–Kier alpha value is -1.91. The van der Waals surface area contributed by atoms with Gasteiger partial charge in [-0.05, 0) is 18.6 Å². The number of likely N-dealkylation sites (N-methyl/N-ethyl adjacent to an activating group) is 1. The summed E-state index contributed by atoms with van der Waals surface area (Å²) in [5, 5.41) is 18.1. The van der Waals surface area contributed by atoms with E-state index in [1.54, 1.807) is 26.1 Å². The molecule has 0 fully saturated rings. The van der Waals surface area contributed by atoms with E-state index in [0.29, 0.717) is 12.1 Å². The molecule has 0 saturated heterocycles. The van der Waals surface area contributed by atoms with Crippen molar-refractivity contribution in [1.82, 2.24) is 5.01 Å². The lowest BCUT2D eigenvalue weighted by Gasteiger charge is -2.18. The normalized spacial score (nSPS) is 12.6. The van der Waals surface area contributed by atoms with Crippen molar-refractivity contribution in [2.75, 3.05) is 7.05 Å². The number of hydrogen-bond acceptors (Lipinski definition) is 3. The molecule has 1 atom stereocenters. The first-order chi connectivity index (χ1) is 7.65. The highest BCUT2D eigenvalue weighted by Crippen LogP contribution is 2.12. The summed E-state index contributed by atoms with van der Waals surface area (Å²) >= 11 is 0. The van der Waals surface area contributed by atoms with E-state index in [9.17, 15) is 4.79 Å². The third kappa shape index (κ3) is 3.34. The van der Waals surface area contributed by atoms with Crippen LogP contribution in [0.5, 0.6) is 0 Å². The van der Waals surface area contributed by atoms with Gasteiger partial charge < -0.3 is 5.11 Å². The van der Waals surface area contributed by atoms with Crippen LogP contribution in [-0.4, -0.2) is 29.2 Å². The molecular weight excluding hydrogens is 206 g/mol. The molecule has 0 radical (unpaired) electrons. The molecule has 0 saturated carbocycles. The van der Waals surface area contributed by atoms with E-state index in [2.05, 4.69) is 10.3 Å². The number of hydrogen-bond donors (Lipinski definition) is 1. The van der Waals surface area contributed by atoms with Gasteiger partial charge in [0.25, 0.3) is 0 Å². The van der Waals surface area contributed by atoms with Crippen molar-refractivity contribution in [3.8, 4) is 0 Å². The maximum atomic E-state index is 10.8. The molecule has 0 bridgehead atoms. The first-order valence-corrected chi connectivity index (χ1v) is 5.07. The number of benzene rings is 1. The molecule has 1 unspecified atom stereocenters. The molecule has 0 aromatic heterocycles. The van der Waals surface area contributed by atoms with E-state index >= 15 is 0 Å². The zero-order valence-electron chi connectivity index (χ0n) is 9.37. The molecule has 86 valence electrons. The van der Waals surface area contributed by atoms with Crippen molar-refractivity contribution in [3.63, 3.8) is 0 Å². The second-order valence-corrected chi connectivity index (χ2v) is 3.36. The average Bonchev–Trinajstić information content (AvgIpc) is 2.28. The van der Waals surface area contributed by atoms with Crippen LogP contribution in [0.15, 0.2) is 40.7 Å². The standard InChI is InChI=1S/C11H15N3O2/c1-3-10(11(15)16)14(2)13-12-9-7-5-4-6-8-9/h4-8,10H,3H2,1-2H3,(H,15,16). The number of aliphatic carboxylic acids is 1. The highest BCUT2D eigenvalue weighted by atomic mass is 16.4. The molecule has 5 nitrogen and oxygen atoms in total. The summed E-state index contributed by atoms with van der Waals surface area (Å²) in [6.07, 6.45) is 0.486. The molecule has 0 aliphatic heterocycles. The fourth-order valence-corrected chi connectivity index (χ4v) is 1.28. The zero-order chi connectivity index (χ0) is 12.0. The van der Waals surface area contributed by atoms with Crippen molar-refractivity contribution in [2.24, 2.45) is 10.3 Å².